The van der Waals surface area contributed by atoms with Gasteiger partial charge in [0, 0.05) is 24.9 Å². The number of aromatic nitrogens is 1. The second-order valence-corrected chi connectivity index (χ2v) is 8.17. The Bertz CT molecular complexity index is 822. The summed E-state index contributed by atoms with van der Waals surface area (Å²) in [6.07, 6.45) is 1.94. The highest BCUT2D eigenvalue weighted by Gasteiger charge is 2.26. The van der Waals surface area contributed by atoms with Gasteiger partial charge in [-0.25, -0.2) is 8.42 Å². The molecule has 0 saturated carbocycles. The molecule has 0 fully saturated rings. The van der Waals surface area contributed by atoms with E-state index < -0.39 is 10.0 Å². The second kappa shape index (κ2) is 5.40. The summed E-state index contributed by atoms with van der Waals surface area (Å²) in [4.78, 5) is 14.2. The minimum atomic E-state index is -3.67. The largest absolute Gasteiger partial charge is 0.362 e. The third-order valence-corrected chi connectivity index (χ3v) is 6.62. The van der Waals surface area contributed by atoms with Crippen LogP contribution >= 0.6 is 11.3 Å². The van der Waals surface area contributed by atoms with Crippen LogP contribution < -0.4 is 4.72 Å². The lowest BCUT2D eigenvalue weighted by molar-refractivity contribution is -0.129. The van der Waals surface area contributed by atoms with Crippen molar-refractivity contribution in [3.63, 3.8) is 0 Å². The predicted octanol–water partition coefficient (Wildman–Crippen LogP) is 1.75. The van der Waals surface area contributed by atoms with E-state index in [1.807, 2.05) is 0 Å². The number of fused-ring (bicyclic) bond motifs is 1. The van der Waals surface area contributed by atoms with Gasteiger partial charge in [0.2, 0.25) is 5.91 Å². The van der Waals surface area contributed by atoms with Crippen molar-refractivity contribution in [2.75, 3.05) is 11.3 Å². The van der Waals surface area contributed by atoms with Crippen molar-refractivity contribution in [1.29, 1.82) is 0 Å². The van der Waals surface area contributed by atoms with Gasteiger partial charge >= 0.3 is 0 Å². The first-order chi connectivity index (χ1) is 10.4. The molecule has 0 aromatic carbocycles. The molecule has 1 N–H and O–H groups in total. The monoisotopic (exact) mass is 341 g/mol. The lowest BCUT2D eigenvalue weighted by atomic mass is 10.1. The Hall–Kier alpha value is -1.87. The van der Waals surface area contributed by atoms with E-state index >= 15 is 0 Å². The number of sulfonamides is 1. The second-order valence-electron chi connectivity index (χ2n) is 5.12. The van der Waals surface area contributed by atoms with E-state index in [9.17, 15) is 13.2 Å². The van der Waals surface area contributed by atoms with Gasteiger partial charge in [0.25, 0.3) is 10.0 Å². The van der Waals surface area contributed by atoms with Crippen molar-refractivity contribution in [2.45, 2.75) is 31.0 Å². The molecule has 1 aliphatic rings. The van der Waals surface area contributed by atoms with Gasteiger partial charge in [-0.1, -0.05) is 5.16 Å². The zero-order valence-corrected chi connectivity index (χ0v) is 13.8. The van der Waals surface area contributed by atoms with E-state index in [0.29, 0.717) is 30.9 Å². The average Bonchev–Trinajstić information content (AvgIpc) is 3.04. The number of amides is 1. The normalized spacial score (nSPS) is 14.7. The molecule has 2 aromatic heterocycles. The summed E-state index contributed by atoms with van der Waals surface area (Å²) >= 11 is 1.24. The molecule has 9 heteroatoms. The van der Waals surface area contributed by atoms with Gasteiger partial charge < -0.3 is 9.42 Å². The Morgan fingerprint density at radius 3 is 2.91 bits per heavy atom. The molecule has 7 nitrogen and oxygen atoms in total. The fourth-order valence-electron chi connectivity index (χ4n) is 2.29. The number of thiophene rings is 1. The Labute approximate surface area is 132 Å². The molecule has 1 amide bonds. The number of nitrogens with one attached hydrogen (secondary N) is 1. The maximum Gasteiger partial charge on any atom is 0.271 e. The molecular formula is C13H15N3O4S2. The molecule has 22 heavy (non-hydrogen) atoms. The Kier molecular flexibility index (Phi) is 3.69. The number of nitrogens with zero attached hydrogens (tertiary/aromatic N) is 2. The number of hydrogen-bond acceptors (Lipinski definition) is 6. The smallest absolute Gasteiger partial charge is 0.271 e. The molecule has 0 radical (unpaired) electrons. The predicted molar refractivity (Wildman–Crippen MR) is 81.2 cm³/mol. The standard InChI is InChI=1S/C13H15N3O4S2/c1-8-11(7-20-14-8)15-22(18,19)13-5-10-6-16(9(2)17)4-3-12(10)21-13/h5,7,15H,3-4,6H2,1-2H3. The van der Waals surface area contributed by atoms with Gasteiger partial charge in [0.1, 0.15) is 21.9 Å². The molecule has 1 aliphatic heterocycles. The first-order valence-electron chi connectivity index (χ1n) is 6.68. The zero-order valence-electron chi connectivity index (χ0n) is 12.1. The highest BCUT2D eigenvalue weighted by atomic mass is 32.2. The summed E-state index contributed by atoms with van der Waals surface area (Å²) in [6, 6.07) is 1.64. The zero-order chi connectivity index (χ0) is 15.9. The summed E-state index contributed by atoms with van der Waals surface area (Å²) < 4.78 is 32.3. The molecule has 3 rings (SSSR count). The van der Waals surface area contributed by atoms with Gasteiger partial charge in [-0.05, 0) is 25.0 Å². The van der Waals surface area contributed by atoms with Gasteiger partial charge in [-0.15, -0.1) is 11.3 Å². The summed E-state index contributed by atoms with van der Waals surface area (Å²) in [5.41, 5.74) is 1.71. The van der Waals surface area contributed by atoms with E-state index in [1.54, 1.807) is 17.9 Å². The van der Waals surface area contributed by atoms with E-state index in [-0.39, 0.29) is 10.1 Å². The van der Waals surface area contributed by atoms with Crippen molar-refractivity contribution in [2.24, 2.45) is 0 Å². The minimum absolute atomic E-state index is 0.000483. The number of carbonyl (C=O) groups is 1. The number of hydrogen-bond donors (Lipinski definition) is 1. The van der Waals surface area contributed by atoms with Gasteiger partial charge in [-0.2, -0.15) is 0 Å². The minimum Gasteiger partial charge on any atom is -0.362 e. The highest BCUT2D eigenvalue weighted by molar-refractivity contribution is 7.94. The number of aryl methyl sites for hydroxylation is 1. The van der Waals surface area contributed by atoms with Crippen molar-refractivity contribution in [3.05, 3.63) is 28.5 Å². The molecule has 118 valence electrons. The maximum absolute atomic E-state index is 12.4. The van der Waals surface area contributed by atoms with Crippen molar-refractivity contribution < 1.29 is 17.7 Å². The van der Waals surface area contributed by atoms with Crippen LogP contribution in [0.2, 0.25) is 0 Å². The Morgan fingerprint density at radius 2 is 2.27 bits per heavy atom. The third-order valence-electron chi connectivity index (χ3n) is 3.55. The molecular weight excluding hydrogens is 326 g/mol. The van der Waals surface area contributed by atoms with Crippen LogP contribution in [0.4, 0.5) is 5.69 Å². The van der Waals surface area contributed by atoms with E-state index in [1.165, 1.54) is 24.5 Å². The van der Waals surface area contributed by atoms with Crippen LogP contribution in [0.3, 0.4) is 0 Å². The lowest BCUT2D eigenvalue weighted by Gasteiger charge is -2.25. The van der Waals surface area contributed by atoms with Gasteiger partial charge in [0.15, 0.2) is 0 Å². The quantitative estimate of drug-likeness (QED) is 0.918. The first-order valence-corrected chi connectivity index (χ1v) is 8.97. The molecule has 0 bridgehead atoms. The summed E-state index contributed by atoms with van der Waals surface area (Å²) in [5.74, 6) is -0.000483. The number of carbonyl (C=O) groups excluding carboxylic acids is 1. The molecule has 2 aromatic rings. The van der Waals surface area contributed by atoms with Crippen LogP contribution in [0.5, 0.6) is 0 Å². The van der Waals surface area contributed by atoms with Crippen molar-refractivity contribution in [3.8, 4) is 0 Å². The molecule has 0 atom stereocenters. The van der Waals surface area contributed by atoms with E-state index in [2.05, 4.69) is 9.88 Å². The topological polar surface area (TPSA) is 92.5 Å². The average molecular weight is 341 g/mol. The number of rotatable bonds is 3. The van der Waals surface area contributed by atoms with Crippen LogP contribution in [0.25, 0.3) is 0 Å². The summed E-state index contributed by atoms with van der Waals surface area (Å²) in [7, 11) is -3.67. The number of anilines is 1. The molecule has 0 aliphatic carbocycles. The fraction of sp³-hybridized carbons (Fsp3) is 0.385. The molecule has 0 spiro atoms. The Morgan fingerprint density at radius 1 is 1.50 bits per heavy atom. The lowest BCUT2D eigenvalue weighted by Crippen LogP contribution is -2.33. The van der Waals surface area contributed by atoms with E-state index in [0.717, 1.165) is 10.4 Å². The molecule has 0 saturated heterocycles. The van der Waals surface area contributed by atoms with Crippen LogP contribution in [0.15, 0.2) is 21.1 Å². The van der Waals surface area contributed by atoms with Crippen LogP contribution in [0.1, 0.15) is 23.1 Å². The van der Waals surface area contributed by atoms with Gasteiger partial charge in [-0.3, -0.25) is 9.52 Å². The van der Waals surface area contributed by atoms with E-state index in [4.69, 9.17) is 4.52 Å². The molecule has 3 heterocycles. The van der Waals surface area contributed by atoms with Crippen molar-refractivity contribution in [1.82, 2.24) is 10.1 Å². The van der Waals surface area contributed by atoms with Crippen LogP contribution in [-0.2, 0) is 27.8 Å². The van der Waals surface area contributed by atoms with Crippen molar-refractivity contribution >= 4 is 33.0 Å². The highest BCUT2D eigenvalue weighted by Crippen LogP contribution is 2.32. The third kappa shape index (κ3) is 2.73. The maximum atomic E-state index is 12.4. The summed E-state index contributed by atoms with van der Waals surface area (Å²) in [6.45, 7) is 4.26. The first kappa shape index (κ1) is 15.0. The van der Waals surface area contributed by atoms with Crippen LogP contribution in [0, 0.1) is 6.92 Å². The molecule has 0 unspecified atom stereocenters. The Balaban J connectivity index is 1.87. The summed E-state index contributed by atoms with van der Waals surface area (Å²) in [5, 5.41) is 3.65. The fourth-order valence-corrected chi connectivity index (χ4v) is 4.93. The van der Waals surface area contributed by atoms with Crippen LogP contribution in [-0.4, -0.2) is 30.9 Å². The SMILES string of the molecule is CC(=O)N1CCc2sc(S(=O)(=O)Nc3conc3C)cc2C1. The van der Waals surface area contributed by atoms with Gasteiger partial charge in [0.05, 0.1) is 0 Å².